The maximum Gasteiger partial charge on any atom is 0.291 e. The molecule has 1 fully saturated rings. The van der Waals surface area contributed by atoms with Crippen LogP contribution >= 0.6 is 0 Å². The van der Waals surface area contributed by atoms with Gasteiger partial charge in [0.2, 0.25) is 0 Å². The highest BCUT2D eigenvalue weighted by Gasteiger charge is 2.43. The fraction of sp³-hybridized carbons (Fsp3) is 0.556. The minimum atomic E-state index is -0.632. The SMILES string of the molecule is CC1(C)CC=C(c2nc([C@@H]3CC(C)(C)O[C@@](C)(CO)C3)ccc2NC(=O)c2ncc(C#N)[nH]2)CC1. The first-order valence-corrected chi connectivity index (χ1v) is 12.2. The standard InChI is InChI=1S/C27H35N5O3/c1-25(2)10-8-17(9-11-25)22-21(32-24(34)23-29-15-19(14-28)30-23)7-6-20(31-22)18-12-26(3,4)35-27(5,13-18)16-33/h6-8,15,18,33H,9-13,16H2,1-5H3,(H,29,30)(H,32,34)/t18-,27-/m1/s1. The Morgan fingerprint density at radius 1 is 1.29 bits per heavy atom. The van der Waals surface area contributed by atoms with Crippen LogP contribution in [-0.2, 0) is 4.74 Å². The Morgan fingerprint density at radius 2 is 2.06 bits per heavy atom. The largest absolute Gasteiger partial charge is 0.393 e. The number of rotatable bonds is 5. The number of imidazole rings is 1. The van der Waals surface area contributed by atoms with Gasteiger partial charge in [-0.2, -0.15) is 5.26 Å². The second-order valence-corrected chi connectivity index (χ2v) is 11.5. The Labute approximate surface area is 206 Å². The van der Waals surface area contributed by atoms with Crippen molar-refractivity contribution in [2.24, 2.45) is 5.41 Å². The third kappa shape index (κ3) is 5.63. The average molecular weight is 478 g/mol. The Morgan fingerprint density at radius 3 is 2.69 bits per heavy atom. The third-order valence-electron chi connectivity index (χ3n) is 7.04. The number of carbonyl (C=O) groups excluding carboxylic acids is 1. The summed E-state index contributed by atoms with van der Waals surface area (Å²) in [6.07, 6.45) is 7.88. The zero-order valence-electron chi connectivity index (χ0n) is 21.2. The van der Waals surface area contributed by atoms with Crippen molar-refractivity contribution >= 4 is 17.2 Å². The van der Waals surface area contributed by atoms with Gasteiger partial charge < -0.3 is 20.1 Å². The van der Waals surface area contributed by atoms with Crippen LogP contribution in [0.1, 0.15) is 100 Å². The van der Waals surface area contributed by atoms with Crippen LogP contribution in [-0.4, -0.2) is 43.8 Å². The lowest BCUT2D eigenvalue weighted by atomic mass is 9.77. The second-order valence-electron chi connectivity index (χ2n) is 11.5. The van der Waals surface area contributed by atoms with Gasteiger partial charge in [-0.1, -0.05) is 19.9 Å². The summed E-state index contributed by atoms with van der Waals surface area (Å²) in [4.78, 5) is 24.7. The summed E-state index contributed by atoms with van der Waals surface area (Å²) < 4.78 is 6.19. The fourth-order valence-corrected chi connectivity index (χ4v) is 5.26. The summed E-state index contributed by atoms with van der Waals surface area (Å²) in [5, 5.41) is 22.0. The predicted molar refractivity (Wildman–Crippen MR) is 134 cm³/mol. The molecule has 2 atom stereocenters. The van der Waals surface area contributed by atoms with E-state index in [9.17, 15) is 9.90 Å². The summed E-state index contributed by atoms with van der Waals surface area (Å²) in [5.41, 5.74) is 2.90. The van der Waals surface area contributed by atoms with Crippen LogP contribution in [0.5, 0.6) is 0 Å². The number of nitrogens with zero attached hydrogens (tertiary/aromatic N) is 3. The molecule has 8 heteroatoms. The summed E-state index contributed by atoms with van der Waals surface area (Å²) >= 11 is 0. The van der Waals surface area contributed by atoms with Gasteiger partial charge >= 0.3 is 0 Å². The predicted octanol–water partition coefficient (Wildman–Crippen LogP) is 4.95. The van der Waals surface area contributed by atoms with Gasteiger partial charge in [0.15, 0.2) is 5.82 Å². The van der Waals surface area contributed by atoms with Gasteiger partial charge in [0.05, 0.1) is 35.4 Å². The molecule has 35 heavy (non-hydrogen) atoms. The number of nitrogens with one attached hydrogen (secondary N) is 2. The molecular formula is C27H35N5O3. The van der Waals surface area contributed by atoms with E-state index in [1.807, 2.05) is 39.0 Å². The molecular weight excluding hydrogens is 442 g/mol. The number of amides is 1. The molecule has 0 spiro atoms. The number of carbonyl (C=O) groups is 1. The Bertz CT molecular complexity index is 1190. The van der Waals surface area contributed by atoms with E-state index in [-0.39, 0.29) is 35.1 Å². The first kappa shape index (κ1) is 25.1. The van der Waals surface area contributed by atoms with E-state index in [1.165, 1.54) is 6.20 Å². The van der Waals surface area contributed by atoms with Crippen molar-refractivity contribution in [2.45, 2.75) is 83.8 Å². The van der Waals surface area contributed by atoms with E-state index in [0.29, 0.717) is 12.1 Å². The molecule has 0 aromatic carbocycles. The molecule has 1 saturated heterocycles. The van der Waals surface area contributed by atoms with E-state index in [1.54, 1.807) is 0 Å². The molecule has 3 heterocycles. The number of aromatic amines is 1. The summed E-state index contributed by atoms with van der Waals surface area (Å²) in [7, 11) is 0. The first-order chi connectivity index (χ1) is 16.4. The van der Waals surface area contributed by atoms with Crippen LogP contribution in [0.3, 0.4) is 0 Å². The van der Waals surface area contributed by atoms with Gasteiger partial charge in [-0.05, 0) is 76.0 Å². The first-order valence-electron chi connectivity index (χ1n) is 12.2. The Hall–Kier alpha value is -3.02. The zero-order chi connectivity index (χ0) is 25.4. The molecule has 2 aromatic heterocycles. The highest BCUT2D eigenvalue weighted by molar-refractivity contribution is 6.03. The smallest absolute Gasteiger partial charge is 0.291 e. The number of aliphatic hydroxyl groups excluding tert-OH is 1. The lowest BCUT2D eigenvalue weighted by Crippen LogP contribution is -2.48. The lowest BCUT2D eigenvalue weighted by Gasteiger charge is -2.46. The second kappa shape index (κ2) is 9.21. The van der Waals surface area contributed by atoms with Gasteiger partial charge in [-0.15, -0.1) is 0 Å². The monoisotopic (exact) mass is 477 g/mol. The fourth-order valence-electron chi connectivity index (χ4n) is 5.26. The van der Waals surface area contributed by atoms with Crippen LogP contribution < -0.4 is 5.32 Å². The molecule has 2 aromatic rings. The van der Waals surface area contributed by atoms with E-state index < -0.39 is 11.5 Å². The van der Waals surface area contributed by atoms with Crippen molar-refractivity contribution in [1.82, 2.24) is 15.0 Å². The van der Waals surface area contributed by atoms with Gasteiger partial charge in [0.25, 0.3) is 5.91 Å². The number of anilines is 1. The molecule has 2 aliphatic rings. The summed E-state index contributed by atoms with van der Waals surface area (Å²) in [6, 6.07) is 5.81. The molecule has 0 bridgehead atoms. The Kier molecular flexibility index (Phi) is 6.60. The van der Waals surface area contributed by atoms with Crippen molar-refractivity contribution in [3.8, 4) is 6.07 Å². The maximum atomic E-state index is 12.9. The molecule has 0 unspecified atom stereocenters. The highest BCUT2D eigenvalue weighted by Crippen LogP contribution is 2.44. The number of pyridine rings is 1. The number of H-pyrrole nitrogens is 1. The maximum absolute atomic E-state index is 12.9. The molecule has 1 aliphatic heterocycles. The van der Waals surface area contributed by atoms with Gasteiger partial charge in [0.1, 0.15) is 11.8 Å². The van der Waals surface area contributed by atoms with Crippen molar-refractivity contribution in [1.29, 1.82) is 5.26 Å². The Balaban J connectivity index is 1.70. The van der Waals surface area contributed by atoms with E-state index in [4.69, 9.17) is 15.0 Å². The molecule has 0 saturated carbocycles. The van der Waals surface area contributed by atoms with Gasteiger partial charge in [0, 0.05) is 11.6 Å². The van der Waals surface area contributed by atoms with E-state index in [2.05, 4.69) is 35.2 Å². The minimum Gasteiger partial charge on any atom is -0.393 e. The number of nitriles is 1. The van der Waals surface area contributed by atoms with Crippen LogP contribution in [0.25, 0.3) is 5.57 Å². The molecule has 8 nitrogen and oxygen atoms in total. The summed E-state index contributed by atoms with van der Waals surface area (Å²) in [6.45, 7) is 10.5. The zero-order valence-corrected chi connectivity index (χ0v) is 21.2. The van der Waals surface area contributed by atoms with Crippen LogP contribution in [0, 0.1) is 16.7 Å². The minimum absolute atomic E-state index is 0.0536. The number of allylic oxidation sites excluding steroid dienone is 2. The average Bonchev–Trinajstić information content (AvgIpc) is 3.28. The topological polar surface area (TPSA) is 124 Å². The van der Waals surface area contributed by atoms with E-state index >= 15 is 0 Å². The number of aromatic nitrogens is 3. The third-order valence-corrected chi connectivity index (χ3v) is 7.04. The molecule has 0 radical (unpaired) electrons. The normalized spacial score (nSPS) is 25.4. The number of aliphatic hydroxyl groups is 1. The highest BCUT2D eigenvalue weighted by atomic mass is 16.5. The van der Waals surface area contributed by atoms with Crippen molar-refractivity contribution in [3.05, 3.63) is 47.3 Å². The number of hydrogen-bond donors (Lipinski definition) is 3. The quantitative estimate of drug-likeness (QED) is 0.560. The van der Waals surface area contributed by atoms with Crippen LogP contribution in [0.15, 0.2) is 24.4 Å². The molecule has 1 aliphatic carbocycles. The number of hydrogen-bond acceptors (Lipinski definition) is 6. The van der Waals surface area contributed by atoms with Crippen molar-refractivity contribution in [3.63, 3.8) is 0 Å². The molecule has 1 amide bonds. The van der Waals surface area contributed by atoms with E-state index in [0.717, 1.165) is 42.6 Å². The number of ether oxygens (including phenoxy) is 1. The lowest BCUT2D eigenvalue weighted by molar-refractivity contribution is -0.187. The summed E-state index contributed by atoms with van der Waals surface area (Å²) in [5.74, 6) is -0.220. The molecule has 3 N–H and O–H groups in total. The van der Waals surface area contributed by atoms with Crippen molar-refractivity contribution in [2.75, 3.05) is 11.9 Å². The van der Waals surface area contributed by atoms with Gasteiger partial charge in [-0.25, -0.2) is 4.98 Å². The van der Waals surface area contributed by atoms with Gasteiger partial charge in [-0.3, -0.25) is 9.78 Å². The van der Waals surface area contributed by atoms with Crippen molar-refractivity contribution < 1.29 is 14.6 Å². The van der Waals surface area contributed by atoms with Crippen LogP contribution in [0.2, 0.25) is 0 Å². The van der Waals surface area contributed by atoms with Crippen LogP contribution in [0.4, 0.5) is 5.69 Å². The molecule has 186 valence electrons. The molecule has 4 rings (SSSR count).